The quantitative estimate of drug-likeness (QED) is 0.169. The van der Waals surface area contributed by atoms with Gasteiger partial charge in [-0.2, -0.15) is 41.0 Å². The summed E-state index contributed by atoms with van der Waals surface area (Å²) in [5.41, 5.74) is 17.3. The number of benzene rings is 4. The molecule has 0 radical (unpaired) electrons. The fraction of sp³-hybridized carbons (Fsp3) is 0.408. The number of fused-ring (bicyclic) bond motifs is 3. The summed E-state index contributed by atoms with van der Waals surface area (Å²) in [5, 5.41) is 0. The molecule has 0 heterocycles. The molecule has 0 amide bonds. The van der Waals surface area contributed by atoms with E-state index in [9.17, 15) is 0 Å². The molecule has 0 fully saturated rings. The first-order valence-electron chi connectivity index (χ1n) is 18.6. The third-order valence-electron chi connectivity index (χ3n) is 9.86. The Morgan fingerprint density at radius 2 is 1.17 bits per heavy atom. The van der Waals surface area contributed by atoms with E-state index >= 15 is 0 Å². The van der Waals surface area contributed by atoms with Crippen LogP contribution in [-0.2, 0) is 41.5 Å². The van der Waals surface area contributed by atoms with Crippen molar-refractivity contribution in [3.8, 4) is 11.1 Å². The van der Waals surface area contributed by atoms with Crippen LogP contribution in [-0.4, -0.2) is 3.21 Å². The van der Waals surface area contributed by atoms with Crippen molar-refractivity contribution in [2.45, 2.75) is 120 Å². The van der Waals surface area contributed by atoms with Gasteiger partial charge >= 0.3 is 112 Å². The zero-order valence-corrected chi connectivity index (χ0v) is 38.0. The van der Waals surface area contributed by atoms with Crippen molar-refractivity contribution in [2.75, 3.05) is 0 Å². The molecule has 2 aliphatic rings. The Kier molecular flexibility index (Phi) is 16.6. The zero-order valence-electron chi connectivity index (χ0n) is 34.0. The minimum absolute atomic E-state index is 0. The second kappa shape index (κ2) is 18.8. The molecular formula is C49H60Cl2Zr-2. The van der Waals surface area contributed by atoms with Gasteiger partial charge in [-0.05, 0) is 17.4 Å². The van der Waals surface area contributed by atoms with Crippen molar-refractivity contribution < 1.29 is 49.0 Å². The van der Waals surface area contributed by atoms with Gasteiger partial charge < -0.3 is 24.8 Å². The van der Waals surface area contributed by atoms with Crippen molar-refractivity contribution in [3.05, 3.63) is 153 Å². The van der Waals surface area contributed by atoms with E-state index in [4.69, 9.17) is 0 Å². The molecule has 0 aromatic heterocycles. The number of rotatable bonds is 4. The normalized spacial score (nSPS) is 14.6. The summed E-state index contributed by atoms with van der Waals surface area (Å²) < 4.78 is 1.42. The van der Waals surface area contributed by atoms with Crippen LogP contribution >= 0.6 is 0 Å². The van der Waals surface area contributed by atoms with Gasteiger partial charge in [-0.25, -0.2) is 5.57 Å². The second-order valence-corrected chi connectivity index (χ2v) is 18.5. The Hall–Kier alpha value is -2.31. The Balaban J connectivity index is 0.000000273. The Labute approximate surface area is 345 Å². The molecule has 4 aromatic carbocycles. The predicted molar refractivity (Wildman–Crippen MR) is 215 cm³/mol. The SMILES string of the molecule is CC(C)(C)c1c[c-]c2c(c1)-c1cc(C(C)(C)C)ccc1C2.CCC1=[C-]C(CC)C=C1C(C)(C)C.Cc1ccc([C](=[Zr+2])c2ccc(C)cc2)cc1.[Cl-].[Cl-]. The van der Waals surface area contributed by atoms with E-state index in [0.29, 0.717) is 11.3 Å². The van der Waals surface area contributed by atoms with E-state index in [1.165, 1.54) is 101 Å². The van der Waals surface area contributed by atoms with E-state index in [2.05, 4.69) is 187 Å². The minimum atomic E-state index is 0. The minimum Gasteiger partial charge on any atom is -1.00 e. The first-order valence-corrected chi connectivity index (χ1v) is 19.8. The molecule has 0 saturated heterocycles. The third-order valence-corrected chi connectivity index (χ3v) is 11.3. The zero-order chi connectivity index (χ0) is 37.0. The Bertz CT molecular complexity index is 1740. The van der Waals surface area contributed by atoms with E-state index in [1.807, 2.05) is 0 Å². The van der Waals surface area contributed by atoms with Gasteiger partial charge in [-0.15, -0.1) is 5.56 Å². The van der Waals surface area contributed by atoms with Gasteiger partial charge in [0, 0.05) is 0 Å². The van der Waals surface area contributed by atoms with Gasteiger partial charge in [0.15, 0.2) is 0 Å². The molecule has 0 bridgehead atoms. The maximum Gasteiger partial charge on any atom is -1.00 e. The molecule has 52 heavy (non-hydrogen) atoms. The smallest absolute Gasteiger partial charge is 1.00 e. The van der Waals surface area contributed by atoms with Crippen LogP contribution < -0.4 is 24.8 Å². The van der Waals surface area contributed by atoms with Crippen LogP contribution in [0.4, 0.5) is 0 Å². The van der Waals surface area contributed by atoms with Crippen LogP contribution in [0, 0.1) is 37.3 Å². The molecule has 1 atom stereocenters. The summed E-state index contributed by atoms with van der Waals surface area (Å²) in [6.45, 7) is 29.2. The van der Waals surface area contributed by atoms with Gasteiger partial charge in [0.2, 0.25) is 0 Å². The van der Waals surface area contributed by atoms with Crippen LogP contribution in [0.15, 0.2) is 96.1 Å². The molecule has 6 rings (SSSR count). The van der Waals surface area contributed by atoms with Crippen molar-refractivity contribution in [3.63, 3.8) is 0 Å². The van der Waals surface area contributed by atoms with Crippen molar-refractivity contribution in [1.82, 2.24) is 0 Å². The van der Waals surface area contributed by atoms with Gasteiger partial charge in [-0.3, -0.25) is 6.08 Å². The predicted octanol–water partition coefficient (Wildman–Crippen LogP) is 7.22. The third kappa shape index (κ3) is 11.8. The summed E-state index contributed by atoms with van der Waals surface area (Å²) in [5.74, 6) is 0.573. The molecule has 0 aliphatic heterocycles. The van der Waals surface area contributed by atoms with Gasteiger partial charge in [-0.1, -0.05) is 135 Å². The number of aryl methyl sites for hydroxylation is 2. The fourth-order valence-corrected chi connectivity index (χ4v) is 7.27. The largest absolute Gasteiger partial charge is 1.00 e. The summed E-state index contributed by atoms with van der Waals surface area (Å²) in [6.07, 6.45) is 9.31. The molecule has 0 N–H and O–H groups in total. The standard InChI is InChI=1S/C21H25.C15H14.C13H21.2ClH.Zr/c1-20(2,3)16-9-7-14-11-15-8-10-17(21(4,5)6)13-19(15)18(14)12-16;1-12-3-7-14(8-4-12)11-15-9-5-13(2)6-10-15;1-6-10-8-11(7-2)12(9-10)13(3,4)5;;;/h7,9-10,12-13H,11H2,1-6H3;3-10H,1-2H3;9-10H,6-7H2,1-5H3;2*1H;/q-1;;-1;;;+2/p-2. The van der Waals surface area contributed by atoms with Crippen LogP contribution in [0.1, 0.15) is 134 Å². The second-order valence-electron chi connectivity index (χ2n) is 17.3. The number of hydrogen-bond acceptors (Lipinski definition) is 0. The summed E-state index contributed by atoms with van der Waals surface area (Å²) >= 11 is 1.46. The van der Waals surface area contributed by atoms with Gasteiger partial charge in [0.05, 0.1) is 0 Å². The molecular weight excluding hydrogens is 751 g/mol. The van der Waals surface area contributed by atoms with E-state index < -0.39 is 0 Å². The molecule has 0 nitrogen and oxygen atoms in total. The van der Waals surface area contributed by atoms with Crippen LogP contribution in [0.25, 0.3) is 11.1 Å². The molecule has 0 spiro atoms. The van der Waals surface area contributed by atoms with Gasteiger partial charge in [0.25, 0.3) is 0 Å². The average Bonchev–Trinajstić information content (AvgIpc) is 3.66. The average molecular weight is 811 g/mol. The molecule has 276 valence electrons. The molecule has 3 heteroatoms. The fourth-order valence-electron chi connectivity index (χ4n) is 6.45. The Morgan fingerprint density at radius 1 is 0.673 bits per heavy atom. The first-order chi connectivity index (χ1) is 23.3. The van der Waals surface area contributed by atoms with Crippen LogP contribution in [0.2, 0.25) is 0 Å². The molecule has 2 aliphatic carbocycles. The van der Waals surface area contributed by atoms with Crippen LogP contribution in [0.3, 0.4) is 0 Å². The first kappa shape index (κ1) is 45.8. The van der Waals surface area contributed by atoms with E-state index in [0.717, 1.165) is 12.8 Å². The molecule has 4 aromatic rings. The van der Waals surface area contributed by atoms with Crippen LogP contribution in [0.5, 0.6) is 0 Å². The maximum absolute atomic E-state index is 3.57. The summed E-state index contributed by atoms with van der Waals surface area (Å²) in [7, 11) is 0. The summed E-state index contributed by atoms with van der Waals surface area (Å²) in [6, 6.07) is 32.6. The number of halogens is 2. The molecule has 0 saturated carbocycles. The van der Waals surface area contributed by atoms with E-state index in [-0.39, 0.29) is 35.6 Å². The molecule has 1 unspecified atom stereocenters. The van der Waals surface area contributed by atoms with Crippen molar-refractivity contribution in [2.24, 2.45) is 11.3 Å². The number of allylic oxidation sites excluding steroid dienone is 4. The van der Waals surface area contributed by atoms with E-state index in [1.54, 1.807) is 0 Å². The maximum atomic E-state index is 3.57. The number of hydrogen-bond donors (Lipinski definition) is 0. The monoisotopic (exact) mass is 808 g/mol. The van der Waals surface area contributed by atoms with Crippen molar-refractivity contribution >= 4 is 3.21 Å². The topological polar surface area (TPSA) is 0 Å². The summed E-state index contributed by atoms with van der Waals surface area (Å²) in [4.78, 5) is 0. The Morgan fingerprint density at radius 3 is 1.60 bits per heavy atom. The van der Waals surface area contributed by atoms with Gasteiger partial charge in [0.1, 0.15) is 0 Å². The van der Waals surface area contributed by atoms with Crippen molar-refractivity contribution in [1.29, 1.82) is 0 Å².